The first kappa shape index (κ1) is 11.0. The average molecular weight is 256 g/mol. The second-order valence-corrected chi connectivity index (χ2v) is 4.56. The molecule has 1 aliphatic rings. The third-order valence-electron chi connectivity index (χ3n) is 2.92. The second-order valence-electron chi connectivity index (χ2n) is 4.12. The highest BCUT2D eigenvalue weighted by Gasteiger charge is 2.22. The Kier molecular flexibility index (Phi) is 2.64. The zero-order chi connectivity index (χ0) is 12.5. The lowest BCUT2D eigenvalue weighted by atomic mass is 10.1. The molecule has 90 valence electrons. The molecule has 0 bridgehead atoms. The van der Waals surface area contributed by atoms with Gasteiger partial charge in [-0.2, -0.15) is 0 Å². The maximum absolute atomic E-state index is 5.82. The van der Waals surface area contributed by atoms with E-state index in [1.807, 2.05) is 48.5 Å². The normalized spacial score (nSPS) is 16.6. The van der Waals surface area contributed by atoms with E-state index in [4.69, 9.17) is 22.7 Å². The number of benzene rings is 2. The number of hydrogen-bond acceptors (Lipinski definition) is 3. The number of hydrogen-bond donors (Lipinski definition) is 2. The SMILES string of the molecule is NC(=S)c1ccc(C2Nc3ccccc3O2)cc1. The number of ether oxygens (including phenoxy) is 1. The molecule has 1 aliphatic heterocycles. The molecule has 0 aromatic heterocycles. The molecule has 2 aromatic carbocycles. The minimum atomic E-state index is -0.150. The summed E-state index contributed by atoms with van der Waals surface area (Å²) in [5, 5.41) is 3.31. The van der Waals surface area contributed by atoms with Gasteiger partial charge < -0.3 is 15.8 Å². The zero-order valence-electron chi connectivity index (χ0n) is 9.59. The summed E-state index contributed by atoms with van der Waals surface area (Å²) < 4.78 is 5.82. The Morgan fingerprint density at radius 1 is 1.11 bits per heavy atom. The van der Waals surface area contributed by atoms with Crippen LogP contribution in [0.5, 0.6) is 5.75 Å². The fraction of sp³-hybridized carbons (Fsp3) is 0.0714. The van der Waals surface area contributed by atoms with Gasteiger partial charge in [0.1, 0.15) is 10.7 Å². The summed E-state index contributed by atoms with van der Waals surface area (Å²) in [7, 11) is 0. The van der Waals surface area contributed by atoms with Crippen LogP contribution in [0.4, 0.5) is 5.69 Å². The molecule has 0 aliphatic carbocycles. The minimum Gasteiger partial charge on any atom is -0.464 e. The first-order valence-corrected chi connectivity index (χ1v) is 6.07. The topological polar surface area (TPSA) is 47.3 Å². The van der Waals surface area contributed by atoms with Crippen molar-refractivity contribution < 1.29 is 4.74 Å². The third kappa shape index (κ3) is 1.91. The predicted molar refractivity (Wildman–Crippen MR) is 75.8 cm³/mol. The van der Waals surface area contributed by atoms with E-state index >= 15 is 0 Å². The molecule has 0 amide bonds. The van der Waals surface area contributed by atoms with Gasteiger partial charge in [0.15, 0.2) is 6.23 Å². The number of nitrogens with one attached hydrogen (secondary N) is 1. The highest BCUT2D eigenvalue weighted by Crippen LogP contribution is 2.37. The number of para-hydroxylation sites is 2. The van der Waals surface area contributed by atoms with Gasteiger partial charge in [0, 0.05) is 11.1 Å². The Labute approximate surface area is 111 Å². The van der Waals surface area contributed by atoms with Crippen molar-refractivity contribution in [3.8, 4) is 5.75 Å². The van der Waals surface area contributed by atoms with Gasteiger partial charge in [-0.3, -0.25) is 0 Å². The maximum atomic E-state index is 5.82. The molecule has 0 spiro atoms. The molecule has 3 N–H and O–H groups in total. The molecule has 3 rings (SSSR count). The largest absolute Gasteiger partial charge is 0.464 e. The number of fused-ring (bicyclic) bond motifs is 1. The van der Waals surface area contributed by atoms with Gasteiger partial charge in [-0.05, 0) is 12.1 Å². The van der Waals surface area contributed by atoms with Crippen molar-refractivity contribution in [2.24, 2.45) is 5.73 Å². The summed E-state index contributed by atoms with van der Waals surface area (Å²) >= 11 is 4.93. The first-order chi connectivity index (χ1) is 8.74. The van der Waals surface area contributed by atoms with Crippen LogP contribution in [0, 0.1) is 0 Å². The van der Waals surface area contributed by atoms with E-state index in [2.05, 4.69) is 5.32 Å². The Balaban J connectivity index is 1.84. The van der Waals surface area contributed by atoms with Gasteiger partial charge in [0.2, 0.25) is 0 Å². The van der Waals surface area contributed by atoms with Crippen molar-refractivity contribution in [3.05, 3.63) is 59.7 Å². The van der Waals surface area contributed by atoms with Crippen LogP contribution in [0.15, 0.2) is 48.5 Å². The van der Waals surface area contributed by atoms with Crippen LogP contribution in [-0.4, -0.2) is 4.99 Å². The number of nitrogens with two attached hydrogens (primary N) is 1. The van der Waals surface area contributed by atoms with Crippen LogP contribution in [0.25, 0.3) is 0 Å². The first-order valence-electron chi connectivity index (χ1n) is 5.66. The van der Waals surface area contributed by atoms with Gasteiger partial charge in [-0.1, -0.05) is 48.6 Å². The van der Waals surface area contributed by atoms with E-state index in [9.17, 15) is 0 Å². The fourth-order valence-corrected chi connectivity index (χ4v) is 2.10. The Hall–Kier alpha value is -2.07. The molecule has 0 fully saturated rings. The van der Waals surface area contributed by atoms with Crippen LogP contribution in [0.2, 0.25) is 0 Å². The highest BCUT2D eigenvalue weighted by molar-refractivity contribution is 7.80. The quantitative estimate of drug-likeness (QED) is 0.811. The summed E-state index contributed by atoms with van der Waals surface area (Å²) in [5.74, 6) is 0.876. The Bertz CT molecular complexity index is 570. The molecule has 0 saturated heterocycles. The molecule has 1 unspecified atom stereocenters. The van der Waals surface area contributed by atoms with Gasteiger partial charge in [-0.15, -0.1) is 0 Å². The van der Waals surface area contributed by atoms with Gasteiger partial charge in [0.05, 0.1) is 5.69 Å². The lowest BCUT2D eigenvalue weighted by Gasteiger charge is -2.12. The van der Waals surface area contributed by atoms with Gasteiger partial charge in [-0.25, -0.2) is 0 Å². The second kappa shape index (κ2) is 4.31. The van der Waals surface area contributed by atoms with Crippen molar-refractivity contribution in [2.45, 2.75) is 6.23 Å². The molecule has 0 saturated carbocycles. The van der Waals surface area contributed by atoms with Crippen molar-refractivity contribution in [1.82, 2.24) is 0 Å². The molecular weight excluding hydrogens is 244 g/mol. The third-order valence-corrected chi connectivity index (χ3v) is 3.15. The minimum absolute atomic E-state index is 0.150. The van der Waals surface area contributed by atoms with Crippen molar-refractivity contribution >= 4 is 22.9 Å². The van der Waals surface area contributed by atoms with Crippen LogP contribution in [0.3, 0.4) is 0 Å². The Morgan fingerprint density at radius 2 is 1.83 bits per heavy atom. The average Bonchev–Trinajstić information content (AvgIpc) is 2.82. The monoisotopic (exact) mass is 256 g/mol. The van der Waals surface area contributed by atoms with E-state index in [1.165, 1.54) is 0 Å². The van der Waals surface area contributed by atoms with E-state index in [0.717, 1.165) is 22.6 Å². The van der Waals surface area contributed by atoms with Crippen molar-refractivity contribution in [2.75, 3.05) is 5.32 Å². The predicted octanol–water partition coefficient (Wildman–Crippen LogP) is 2.82. The maximum Gasteiger partial charge on any atom is 0.196 e. The fourth-order valence-electron chi connectivity index (χ4n) is 1.96. The van der Waals surface area contributed by atoms with Crippen molar-refractivity contribution in [1.29, 1.82) is 0 Å². The number of thiocarbonyl (C=S) groups is 1. The summed E-state index contributed by atoms with van der Waals surface area (Å²) in [6.07, 6.45) is -0.150. The smallest absolute Gasteiger partial charge is 0.196 e. The Morgan fingerprint density at radius 3 is 2.50 bits per heavy atom. The standard InChI is InChI=1S/C14H12N2OS/c15-13(18)9-5-7-10(8-6-9)14-16-11-3-1-2-4-12(11)17-14/h1-8,14,16H,(H2,15,18). The van der Waals surface area contributed by atoms with E-state index in [-0.39, 0.29) is 6.23 Å². The lowest BCUT2D eigenvalue weighted by Crippen LogP contribution is -2.12. The van der Waals surface area contributed by atoms with E-state index < -0.39 is 0 Å². The molecule has 0 radical (unpaired) electrons. The van der Waals surface area contributed by atoms with E-state index in [1.54, 1.807) is 0 Å². The van der Waals surface area contributed by atoms with Crippen LogP contribution in [-0.2, 0) is 0 Å². The summed E-state index contributed by atoms with van der Waals surface area (Å²) in [4.78, 5) is 0.408. The van der Waals surface area contributed by atoms with Crippen LogP contribution in [0.1, 0.15) is 17.4 Å². The van der Waals surface area contributed by atoms with E-state index in [0.29, 0.717) is 4.99 Å². The molecule has 4 heteroatoms. The molecule has 1 atom stereocenters. The molecular formula is C14H12N2OS. The number of anilines is 1. The van der Waals surface area contributed by atoms with Crippen LogP contribution < -0.4 is 15.8 Å². The van der Waals surface area contributed by atoms with Crippen LogP contribution >= 0.6 is 12.2 Å². The molecule has 1 heterocycles. The molecule has 2 aromatic rings. The summed E-state index contributed by atoms with van der Waals surface area (Å²) in [5.41, 5.74) is 8.50. The zero-order valence-corrected chi connectivity index (χ0v) is 10.4. The molecule has 18 heavy (non-hydrogen) atoms. The van der Waals surface area contributed by atoms with Crippen molar-refractivity contribution in [3.63, 3.8) is 0 Å². The number of rotatable bonds is 2. The molecule has 3 nitrogen and oxygen atoms in total. The van der Waals surface area contributed by atoms with Gasteiger partial charge in [0.25, 0.3) is 0 Å². The summed E-state index contributed by atoms with van der Waals surface area (Å²) in [6.45, 7) is 0. The lowest BCUT2D eigenvalue weighted by molar-refractivity contribution is 0.260. The summed E-state index contributed by atoms with van der Waals surface area (Å²) in [6, 6.07) is 15.6. The highest BCUT2D eigenvalue weighted by atomic mass is 32.1. The van der Waals surface area contributed by atoms with Gasteiger partial charge >= 0.3 is 0 Å².